The van der Waals surface area contributed by atoms with Gasteiger partial charge in [-0.25, -0.2) is 4.39 Å². The van der Waals surface area contributed by atoms with Crippen molar-refractivity contribution >= 4 is 17.2 Å². The normalized spacial score (nSPS) is 10.7. The lowest BCUT2D eigenvalue weighted by Crippen LogP contribution is -1.95. The summed E-state index contributed by atoms with van der Waals surface area (Å²) < 4.78 is 19.2. The fourth-order valence-corrected chi connectivity index (χ4v) is 2.11. The summed E-state index contributed by atoms with van der Waals surface area (Å²) in [4.78, 5) is 13.6. The van der Waals surface area contributed by atoms with Gasteiger partial charge in [-0.05, 0) is 17.7 Å². The highest BCUT2D eigenvalue weighted by Crippen LogP contribution is 2.28. The van der Waals surface area contributed by atoms with E-state index in [1.165, 1.54) is 12.1 Å². The number of nitrogens with one attached hydrogen (secondary N) is 1. The van der Waals surface area contributed by atoms with Crippen LogP contribution in [0.3, 0.4) is 0 Å². The lowest BCUT2D eigenvalue weighted by Gasteiger charge is -2.07. The van der Waals surface area contributed by atoms with Crippen molar-refractivity contribution in [3.05, 3.63) is 65.6 Å². The molecule has 1 aromatic heterocycles. The van der Waals surface area contributed by atoms with E-state index in [9.17, 15) is 9.18 Å². The molecule has 0 unspecified atom stereocenters. The number of aromatic nitrogens is 1. The second kappa shape index (κ2) is 5.17. The molecule has 0 aliphatic heterocycles. The first-order chi connectivity index (χ1) is 9.76. The molecule has 0 saturated heterocycles. The van der Waals surface area contributed by atoms with Crippen LogP contribution in [0, 0.1) is 5.82 Å². The number of aromatic amines is 1. The number of fused-ring (bicyclic) bond motifs is 1. The van der Waals surface area contributed by atoms with Crippen LogP contribution in [-0.2, 0) is 6.61 Å². The average Bonchev–Trinajstić information content (AvgIpc) is 2.88. The van der Waals surface area contributed by atoms with E-state index >= 15 is 0 Å². The van der Waals surface area contributed by atoms with E-state index in [1.807, 2.05) is 30.3 Å². The van der Waals surface area contributed by atoms with E-state index in [4.69, 9.17) is 4.74 Å². The SMILES string of the molecule is O=Cc1cc2c(OCc3ccccc3)cc(F)cc2[nH]1. The molecule has 3 aromatic rings. The molecule has 4 heteroatoms. The van der Waals surface area contributed by atoms with Crippen LogP contribution < -0.4 is 4.74 Å². The zero-order valence-electron chi connectivity index (χ0n) is 10.6. The van der Waals surface area contributed by atoms with Crippen LogP contribution >= 0.6 is 0 Å². The van der Waals surface area contributed by atoms with E-state index < -0.39 is 5.82 Å². The Bertz CT molecular complexity index is 750. The Morgan fingerprint density at radius 2 is 1.95 bits per heavy atom. The number of benzene rings is 2. The van der Waals surface area contributed by atoms with Gasteiger partial charge in [0.1, 0.15) is 18.2 Å². The molecule has 100 valence electrons. The Morgan fingerprint density at radius 3 is 2.70 bits per heavy atom. The van der Waals surface area contributed by atoms with E-state index in [-0.39, 0.29) is 0 Å². The summed E-state index contributed by atoms with van der Waals surface area (Å²) in [5.74, 6) is 0.0214. The summed E-state index contributed by atoms with van der Waals surface area (Å²) in [6.45, 7) is 0.348. The number of carbonyl (C=O) groups is 1. The number of halogens is 1. The zero-order chi connectivity index (χ0) is 13.9. The maximum Gasteiger partial charge on any atom is 0.166 e. The molecule has 0 aliphatic rings. The van der Waals surface area contributed by atoms with Gasteiger partial charge < -0.3 is 9.72 Å². The van der Waals surface area contributed by atoms with Crippen molar-refractivity contribution < 1.29 is 13.9 Å². The molecular weight excluding hydrogens is 257 g/mol. The smallest absolute Gasteiger partial charge is 0.166 e. The summed E-state index contributed by atoms with van der Waals surface area (Å²) in [5, 5.41) is 0.699. The third-order valence-electron chi connectivity index (χ3n) is 3.05. The minimum Gasteiger partial charge on any atom is -0.488 e. The first-order valence-corrected chi connectivity index (χ1v) is 6.20. The van der Waals surface area contributed by atoms with Crippen LogP contribution in [0.25, 0.3) is 10.9 Å². The molecule has 0 fully saturated rings. The van der Waals surface area contributed by atoms with Crippen LogP contribution in [0.5, 0.6) is 5.75 Å². The predicted molar refractivity (Wildman–Crippen MR) is 74.4 cm³/mol. The molecular formula is C16H12FNO2. The first kappa shape index (κ1) is 12.4. The van der Waals surface area contributed by atoms with Gasteiger partial charge in [0.2, 0.25) is 0 Å². The Kier molecular flexibility index (Phi) is 3.21. The fraction of sp³-hybridized carbons (Fsp3) is 0.0625. The molecule has 2 aromatic carbocycles. The number of rotatable bonds is 4. The Hall–Kier alpha value is -2.62. The van der Waals surface area contributed by atoms with E-state index in [0.717, 1.165) is 5.56 Å². The van der Waals surface area contributed by atoms with Crippen LogP contribution in [0.1, 0.15) is 16.1 Å². The van der Waals surface area contributed by atoms with Crippen molar-refractivity contribution in [2.75, 3.05) is 0 Å². The van der Waals surface area contributed by atoms with Gasteiger partial charge in [0.15, 0.2) is 6.29 Å². The molecule has 0 spiro atoms. The molecule has 0 radical (unpaired) electrons. The second-order valence-corrected chi connectivity index (χ2v) is 4.48. The van der Waals surface area contributed by atoms with Gasteiger partial charge in [0, 0.05) is 11.5 Å². The van der Waals surface area contributed by atoms with Gasteiger partial charge in [-0.2, -0.15) is 0 Å². The van der Waals surface area contributed by atoms with Crippen LogP contribution in [0.4, 0.5) is 4.39 Å². The third kappa shape index (κ3) is 2.40. The van der Waals surface area contributed by atoms with Gasteiger partial charge in [-0.1, -0.05) is 30.3 Å². The van der Waals surface area contributed by atoms with Crippen molar-refractivity contribution in [1.29, 1.82) is 0 Å². The van der Waals surface area contributed by atoms with Gasteiger partial charge in [0.05, 0.1) is 11.2 Å². The number of H-pyrrole nitrogens is 1. The third-order valence-corrected chi connectivity index (χ3v) is 3.05. The van der Waals surface area contributed by atoms with E-state index in [1.54, 1.807) is 6.07 Å². The van der Waals surface area contributed by atoms with Crippen LogP contribution in [-0.4, -0.2) is 11.3 Å². The van der Waals surface area contributed by atoms with Gasteiger partial charge >= 0.3 is 0 Å². The van der Waals surface area contributed by atoms with Gasteiger partial charge in [-0.3, -0.25) is 4.79 Å². The van der Waals surface area contributed by atoms with Crippen molar-refractivity contribution in [3.63, 3.8) is 0 Å². The Morgan fingerprint density at radius 1 is 1.15 bits per heavy atom. The maximum atomic E-state index is 13.5. The first-order valence-electron chi connectivity index (χ1n) is 6.20. The number of ether oxygens (including phenoxy) is 1. The van der Waals surface area contributed by atoms with E-state index in [2.05, 4.69) is 4.98 Å². The topological polar surface area (TPSA) is 42.1 Å². The molecule has 0 aliphatic carbocycles. The number of hydrogen-bond acceptors (Lipinski definition) is 2. The quantitative estimate of drug-likeness (QED) is 0.734. The molecule has 1 N–H and O–H groups in total. The molecule has 0 atom stereocenters. The molecule has 0 saturated carbocycles. The Balaban J connectivity index is 1.94. The monoisotopic (exact) mass is 269 g/mol. The molecule has 0 amide bonds. The van der Waals surface area contributed by atoms with Crippen molar-refractivity contribution in [2.24, 2.45) is 0 Å². The number of hydrogen-bond donors (Lipinski definition) is 1. The lowest BCUT2D eigenvalue weighted by atomic mass is 10.2. The van der Waals surface area contributed by atoms with Crippen molar-refractivity contribution in [1.82, 2.24) is 4.98 Å². The van der Waals surface area contributed by atoms with Crippen LogP contribution in [0.2, 0.25) is 0 Å². The van der Waals surface area contributed by atoms with E-state index in [0.29, 0.717) is 35.2 Å². The standard InChI is InChI=1S/C16H12FNO2/c17-12-6-15-14(8-13(9-19)18-15)16(7-12)20-10-11-4-2-1-3-5-11/h1-9,18H,10H2. The molecule has 20 heavy (non-hydrogen) atoms. The fourth-order valence-electron chi connectivity index (χ4n) is 2.11. The minimum atomic E-state index is -0.403. The number of carbonyl (C=O) groups excluding carboxylic acids is 1. The number of aldehydes is 1. The lowest BCUT2D eigenvalue weighted by molar-refractivity contribution is 0.112. The predicted octanol–water partition coefficient (Wildman–Crippen LogP) is 3.70. The largest absolute Gasteiger partial charge is 0.488 e. The molecule has 0 bridgehead atoms. The van der Waals surface area contributed by atoms with Crippen molar-refractivity contribution in [2.45, 2.75) is 6.61 Å². The molecule has 3 nitrogen and oxygen atoms in total. The summed E-state index contributed by atoms with van der Waals surface area (Å²) in [6, 6.07) is 14.0. The average molecular weight is 269 g/mol. The minimum absolute atomic E-state index is 0.348. The van der Waals surface area contributed by atoms with Crippen molar-refractivity contribution in [3.8, 4) is 5.75 Å². The van der Waals surface area contributed by atoms with Gasteiger partial charge in [0.25, 0.3) is 0 Å². The van der Waals surface area contributed by atoms with Gasteiger partial charge in [-0.15, -0.1) is 0 Å². The maximum absolute atomic E-state index is 13.5. The second-order valence-electron chi connectivity index (χ2n) is 4.48. The summed E-state index contributed by atoms with van der Waals surface area (Å²) in [6.07, 6.45) is 0.693. The Labute approximate surface area is 115 Å². The summed E-state index contributed by atoms with van der Waals surface area (Å²) in [5.41, 5.74) is 1.95. The van der Waals surface area contributed by atoms with Crippen LogP contribution in [0.15, 0.2) is 48.5 Å². The molecule has 3 rings (SSSR count). The summed E-state index contributed by atoms with van der Waals surface area (Å²) in [7, 11) is 0. The zero-order valence-corrected chi connectivity index (χ0v) is 10.6. The highest BCUT2D eigenvalue weighted by Gasteiger charge is 2.09. The highest BCUT2D eigenvalue weighted by atomic mass is 19.1. The summed E-state index contributed by atoms with van der Waals surface area (Å²) >= 11 is 0. The molecule has 1 heterocycles. The highest BCUT2D eigenvalue weighted by molar-refractivity contribution is 5.92.